The zero-order valence-electron chi connectivity index (χ0n) is 15.0. The van der Waals surface area contributed by atoms with E-state index in [1.807, 2.05) is 29.2 Å². The summed E-state index contributed by atoms with van der Waals surface area (Å²) >= 11 is 0. The van der Waals surface area contributed by atoms with Crippen molar-refractivity contribution in [3.8, 4) is 0 Å². The second-order valence-corrected chi connectivity index (χ2v) is 6.76. The van der Waals surface area contributed by atoms with Crippen LogP contribution in [0, 0.1) is 0 Å². The Balaban J connectivity index is 1.61. The number of fused-ring (bicyclic) bond motifs is 2. The molecule has 0 atom stereocenters. The number of aromatic nitrogens is 1. The summed E-state index contributed by atoms with van der Waals surface area (Å²) in [6.07, 6.45) is 2.61. The van der Waals surface area contributed by atoms with Crippen molar-refractivity contribution in [2.75, 3.05) is 32.8 Å². The van der Waals surface area contributed by atoms with Crippen LogP contribution in [0.2, 0.25) is 0 Å². The van der Waals surface area contributed by atoms with Crippen LogP contribution in [0.1, 0.15) is 35.0 Å². The third kappa shape index (κ3) is 2.89. The van der Waals surface area contributed by atoms with Crippen molar-refractivity contribution >= 4 is 22.9 Å². The monoisotopic (exact) mass is 353 g/mol. The maximum Gasteiger partial charge on any atom is 0.409 e. The second kappa shape index (κ2) is 6.94. The van der Waals surface area contributed by atoms with Gasteiger partial charge in [0.1, 0.15) is 0 Å². The Morgan fingerprint density at radius 1 is 1.08 bits per heavy atom. The Morgan fingerprint density at radius 3 is 2.58 bits per heavy atom. The number of rotatable bonds is 2. The van der Waals surface area contributed by atoms with Crippen LogP contribution in [-0.4, -0.2) is 59.6 Å². The fourth-order valence-electron chi connectivity index (χ4n) is 3.92. The molecule has 1 aromatic heterocycles. The van der Waals surface area contributed by atoms with Crippen molar-refractivity contribution in [1.82, 2.24) is 14.8 Å². The topological polar surface area (TPSA) is 62.7 Å². The lowest BCUT2D eigenvalue weighted by atomic mass is 9.99. The van der Waals surface area contributed by atoms with Gasteiger partial charge >= 0.3 is 6.09 Å². The van der Waals surface area contributed by atoms with Gasteiger partial charge in [-0.1, -0.05) is 18.2 Å². The lowest BCUT2D eigenvalue weighted by Crippen LogP contribution is -2.50. The number of amides is 2. The van der Waals surface area contributed by atoms with Crippen LogP contribution >= 0.6 is 0 Å². The number of pyridine rings is 1. The van der Waals surface area contributed by atoms with E-state index in [0.29, 0.717) is 32.8 Å². The van der Waals surface area contributed by atoms with Crippen LogP contribution in [0.5, 0.6) is 0 Å². The molecule has 6 heteroatoms. The van der Waals surface area contributed by atoms with Gasteiger partial charge in [0.2, 0.25) is 0 Å². The number of hydrogen-bond acceptors (Lipinski definition) is 4. The van der Waals surface area contributed by atoms with Gasteiger partial charge < -0.3 is 14.5 Å². The predicted octanol–water partition coefficient (Wildman–Crippen LogP) is 2.64. The molecule has 0 bridgehead atoms. The van der Waals surface area contributed by atoms with E-state index in [4.69, 9.17) is 9.72 Å². The van der Waals surface area contributed by atoms with Gasteiger partial charge in [-0.3, -0.25) is 9.78 Å². The van der Waals surface area contributed by atoms with Crippen LogP contribution in [0.25, 0.3) is 10.9 Å². The molecule has 1 aliphatic carbocycles. The second-order valence-electron chi connectivity index (χ2n) is 6.76. The molecule has 136 valence electrons. The van der Waals surface area contributed by atoms with Gasteiger partial charge in [-0.2, -0.15) is 0 Å². The van der Waals surface area contributed by atoms with Crippen LogP contribution in [0.15, 0.2) is 24.3 Å². The zero-order valence-corrected chi connectivity index (χ0v) is 15.0. The summed E-state index contributed by atoms with van der Waals surface area (Å²) in [5, 5.41) is 0.936. The van der Waals surface area contributed by atoms with Crippen LogP contribution < -0.4 is 0 Å². The van der Waals surface area contributed by atoms with Crippen molar-refractivity contribution in [3.05, 3.63) is 41.1 Å². The maximum atomic E-state index is 13.3. The first kappa shape index (κ1) is 16.8. The summed E-state index contributed by atoms with van der Waals surface area (Å²) in [5.41, 5.74) is 3.88. The van der Waals surface area contributed by atoms with E-state index >= 15 is 0 Å². The van der Waals surface area contributed by atoms with Gasteiger partial charge in [0.05, 0.1) is 17.7 Å². The molecule has 6 nitrogen and oxygen atoms in total. The fourth-order valence-corrected chi connectivity index (χ4v) is 3.92. The summed E-state index contributed by atoms with van der Waals surface area (Å²) in [7, 11) is 0. The van der Waals surface area contributed by atoms with E-state index in [1.165, 1.54) is 0 Å². The standard InChI is InChI=1S/C20H23N3O3/c1-2-26-20(25)23-12-10-22(11-13-23)19(24)18-14-6-3-4-8-16(14)21-17-9-5-7-15(17)18/h3-4,6,8H,2,5,7,9-13H2,1H3. The number of aryl methyl sites for hydroxylation is 1. The molecule has 2 aromatic rings. The first-order valence-corrected chi connectivity index (χ1v) is 9.30. The molecule has 0 N–H and O–H groups in total. The molecule has 2 aliphatic rings. The molecule has 2 amide bonds. The highest BCUT2D eigenvalue weighted by molar-refractivity contribution is 6.07. The Kier molecular flexibility index (Phi) is 4.49. The van der Waals surface area contributed by atoms with Crippen LogP contribution in [-0.2, 0) is 17.6 Å². The van der Waals surface area contributed by atoms with Gasteiger partial charge in [-0.05, 0) is 37.8 Å². The average Bonchev–Trinajstić information content (AvgIpc) is 3.14. The minimum atomic E-state index is -0.296. The molecular formula is C20H23N3O3. The number of ether oxygens (including phenoxy) is 1. The van der Waals surface area contributed by atoms with E-state index in [2.05, 4.69) is 0 Å². The van der Waals surface area contributed by atoms with Gasteiger partial charge in [0, 0.05) is 37.3 Å². The van der Waals surface area contributed by atoms with E-state index in [0.717, 1.165) is 47.0 Å². The van der Waals surface area contributed by atoms with Gasteiger partial charge in [-0.25, -0.2) is 4.79 Å². The summed E-state index contributed by atoms with van der Waals surface area (Å²) in [4.78, 5) is 33.5. The molecule has 4 rings (SSSR count). The van der Waals surface area contributed by atoms with Crippen LogP contribution in [0.3, 0.4) is 0 Å². The first-order chi connectivity index (χ1) is 12.7. The number of piperazine rings is 1. The Morgan fingerprint density at radius 2 is 1.81 bits per heavy atom. The van der Waals surface area contributed by atoms with E-state index in [9.17, 15) is 9.59 Å². The normalized spacial score (nSPS) is 16.7. The molecule has 0 saturated carbocycles. The number of hydrogen-bond donors (Lipinski definition) is 0. The molecular weight excluding hydrogens is 330 g/mol. The number of carbonyl (C=O) groups is 2. The van der Waals surface area contributed by atoms with Gasteiger partial charge in [0.25, 0.3) is 5.91 Å². The highest BCUT2D eigenvalue weighted by atomic mass is 16.6. The van der Waals surface area contributed by atoms with Crippen molar-refractivity contribution in [1.29, 1.82) is 0 Å². The fraction of sp³-hybridized carbons (Fsp3) is 0.450. The van der Waals surface area contributed by atoms with Crippen LogP contribution in [0.4, 0.5) is 4.79 Å². The molecule has 0 spiro atoms. The van der Waals surface area contributed by atoms with E-state index in [1.54, 1.807) is 11.8 Å². The van der Waals surface area contributed by atoms with E-state index < -0.39 is 0 Å². The molecule has 2 heterocycles. The molecule has 0 radical (unpaired) electrons. The van der Waals surface area contributed by atoms with Gasteiger partial charge in [0.15, 0.2) is 0 Å². The summed E-state index contributed by atoms with van der Waals surface area (Å²) in [6.45, 7) is 4.25. The smallest absolute Gasteiger partial charge is 0.409 e. The molecule has 0 unspecified atom stereocenters. The summed E-state index contributed by atoms with van der Waals surface area (Å²) < 4.78 is 5.06. The van der Waals surface area contributed by atoms with Gasteiger partial charge in [-0.15, -0.1) is 0 Å². The highest BCUT2D eigenvalue weighted by Crippen LogP contribution is 2.31. The molecule has 1 saturated heterocycles. The van der Waals surface area contributed by atoms with E-state index in [-0.39, 0.29) is 12.0 Å². The first-order valence-electron chi connectivity index (χ1n) is 9.30. The Bertz CT molecular complexity index is 857. The number of nitrogens with zero attached hydrogens (tertiary/aromatic N) is 3. The number of para-hydroxylation sites is 1. The Hall–Kier alpha value is -2.63. The quantitative estimate of drug-likeness (QED) is 0.833. The lowest BCUT2D eigenvalue weighted by Gasteiger charge is -2.34. The SMILES string of the molecule is CCOC(=O)N1CCN(C(=O)c2c3c(nc4ccccc24)CCC3)CC1. The maximum absolute atomic E-state index is 13.3. The third-order valence-electron chi connectivity index (χ3n) is 5.23. The minimum absolute atomic E-state index is 0.0604. The molecule has 1 aliphatic heterocycles. The molecule has 1 aromatic carbocycles. The largest absolute Gasteiger partial charge is 0.450 e. The summed E-state index contributed by atoms with van der Waals surface area (Å²) in [5.74, 6) is 0.0604. The number of benzene rings is 1. The predicted molar refractivity (Wildman–Crippen MR) is 98.3 cm³/mol. The summed E-state index contributed by atoms with van der Waals surface area (Å²) in [6, 6.07) is 7.89. The molecule has 26 heavy (non-hydrogen) atoms. The van der Waals surface area contributed by atoms with Crippen molar-refractivity contribution in [2.45, 2.75) is 26.2 Å². The third-order valence-corrected chi connectivity index (χ3v) is 5.23. The zero-order chi connectivity index (χ0) is 18.1. The average molecular weight is 353 g/mol. The van der Waals surface area contributed by atoms with Crippen molar-refractivity contribution in [2.24, 2.45) is 0 Å². The Labute approximate surface area is 152 Å². The van der Waals surface area contributed by atoms with Crippen molar-refractivity contribution in [3.63, 3.8) is 0 Å². The van der Waals surface area contributed by atoms with Crippen molar-refractivity contribution < 1.29 is 14.3 Å². The number of carbonyl (C=O) groups excluding carboxylic acids is 2. The minimum Gasteiger partial charge on any atom is -0.450 e. The lowest BCUT2D eigenvalue weighted by molar-refractivity contribution is 0.0571. The highest BCUT2D eigenvalue weighted by Gasteiger charge is 2.30. The molecule has 1 fully saturated rings.